The Morgan fingerprint density at radius 1 is 1.26 bits per heavy atom. The zero-order valence-electron chi connectivity index (χ0n) is 12.3. The number of nitrogens with one attached hydrogen (secondary N) is 1. The molecular formula is C17H26N2. The van der Waals surface area contributed by atoms with E-state index in [4.69, 9.17) is 0 Å². The zero-order valence-corrected chi connectivity index (χ0v) is 12.3. The van der Waals surface area contributed by atoms with Gasteiger partial charge in [0.05, 0.1) is 0 Å². The first kappa shape index (κ1) is 13.1. The molecule has 2 heteroatoms. The summed E-state index contributed by atoms with van der Waals surface area (Å²) in [4.78, 5) is 2.66. The van der Waals surface area contributed by atoms with Gasteiger partial charge in [-0.1, -0.05) is 32.0 Å². The van der Waals surface area contributed by atoms with Crippen LogP contribution in [0.2, 0.25) is 0 Å². The van der Waals surface area contributed by atoms with Gasteiger partial charge in [0.25, 0.3) is 0 Å². The van der Waals surface area contributed by atoms with Crippen molar-refractivity contribution in [2.75, 3.05) is 19.6 Å². The number of rotatable bonds is 2. The predicted molar refractivity (Wildman–Crippen MR) is 80.1 cm³/mol. The van der Waals surface area contributed by atoms with Crippen molar-refractivity contribution in [3.63, 3.8) is 0 Å². The Balaban J connectivity index is 1.73. The quantitative estimate of drug-likeness (QED) is 0.877. The van der Waals surface area contributed by atoms with Crippen molar-refractivity contribution < 1.29 is 0 Å². The monoisotopic (exact) mass is 258 g/mol. The summed E-state index contributed by atoms with van der Waals surface area (Å²) in [6, 6.07) is 6.86. The minimum atomic E-state index is 0.843. The molecule has 2 aliphatic heterocycles. The summed E-state index contributed by atoms with van der Waals surface area (Å²) in [5.41, 5.74) is 4.70. The molecule has 1 N–H and O–H groups in total. The average Bonchev–Trinajstić information content (AvgIpc) is 2.43. The van der Waals surface area contributed by atoms with E-state index >= 15 is 0 Å². The molecule has 0 radical (unpaired) electrons. The fraction of sp³-hybridized carbons (Fsp3) is 0.647. The third kappa shape index (κ3) is 2.85. The molecule has 0 aliphatic carbocycles. The van der Waals surface area contributed by atoms with Crippen molar-refractivity contribution in [2.24, 2.45) is 11.8 Å². The lowest BCUT2D eigenvalue weighted by molar-refractivity contribution is 0.132. The Kier molecular flexibility index (Phi) is 3.90. The van der Waals surface area contributed by atoms with E-state index in [0.717, 1.165) is 31.5 Å². The maximum atomic E-state index is 3.47. The maximum absolute atomic E-state index is 3.47. The number of nitrogens with zero attached hydrogens (tertiary/aromatic N) is 1. The van der Waals surface area contributed by atoms with Gasteiger partial charge in [-0.3, -0.25) is 4.90 Å². The predicted octanol–water partition coefficient (Wildman–Crippen LogP) is 2.81. The lowest BCUT2D eigenvalue weighted by atomic mass is 9.88. The molecule has 1 fully saturated rings. The van der Waals surface area contributed by atoms with Crippen LogP contribution in [-0.4, -0.2) is 24.5 Å². The lowest BCUT2D eigenvalue weighted by Crippen LogP contribution is -2.38. The Labute approximate surface area is 117 Å². The third-order valence-corrected chi connectivity index (χ3v) is 5.05. The lowest BCUT2D eigenvalue weighted by Gasteiger charge is -2.36. The second kappa shape index (κ2) is 5.64. The molecule has 0 saturated carbocycles. The average molecular weight is 258 g/mol. The Bertz CT molecular complexity index is 441. The highest BCUT2D eigenvalue weighted by Crippen LogP contribution is 2.26. The zero-order chi connectivity index (χ0) is 13.2. The molecule has 3 rings (SSSR count). The van der Waals surface area contributed by atoms with Gasteiger partial charge in [-0.15, -0.1) is 0 Å². The molecule has 2 unspecified atom stereocenters. The van der Waals surface area contributed by atoms with Crippen LogP contribution in [0, 0.1) is 11.8 Å². The smallest absolute Gasteiger partial charge is 0.0236 e. The van der Waals surface area contributed by atoms with E-state index in [-0.39, 0.29) is 0 Å². The topological polar surface area (TPSA) is 15.3 Å². The Morgan fingerprint density at radius 2 is 2.16 bits per heavy atom. The van der Waals surface area contributed by atoms with Crippen LogP contribution in [0.25, 0.3) is 0 Å². The largest absolute Gasteiger partial charge is 0.312 e. The molecule has 2 heterocycles. The van der Waals surface area contributed by atoms with Gasteiger partial charge in [-0.05, 0) is 54.5 Å². The molecule has 2 aliphatic rings. The first-order valence-corrected chi connectivity index (χ1v) is 7.76. The summed E-state index contributed by atoms with van der Waals surface area (Å²) in [7, 11) is 0. The highest BCUT2D eigenvalue weighted by Gasteiger charge is 2.23. The van der Waals surface area contributed by atoms with Crippen molar-refractivity contribution in [1.82, 2.24) is 10.2 Å². The van der Waals surface area contributed by atoms with Crippen LogP contribution in [-0.2, 0) is 19.5 Å². The number of benzene rings is 1. The van der Waals surface area contributed by atoms with Crippen LogP contribution >= 0.6 is 0 Å². The molecule has 0 aromatic heterocycles. The van der Waals surface area contributed by atoms with E-state index in [1.807, 2.05) is 0 Å². The molecule has 1 saturated heterocycles. The van der Waals surface area contributed by atoms with Gasteiger partial charge >= 0.3 is 0 Å². The van der Waals surface area contributed by atoms with Gasteiger partial charge in [0.15, 0.2) is 0 Å². The van der Waals surface area contributed by atoms with Crippen LogP contribution < -0.4 is 5.32 Å². The van der Waals surface area contributed by atoms with Crippen LogP contribution in [0.4, 0.5) is 0 Å². The van der Waals surface area contributed by atoms with Gasteiger partial charge in [0.2, 0.25) is 0 Å². The van der Waals surface area contributed by atoms with Gasteiger partial charge in [-0.2, -0.15) is 0 Å². The van der Waals surface area contributed by atoms with Gasteiger partial charge in [-0.25, -0.2) is 0 Å². The molecule has 0 spiro atoms. The summed E-state index contributed by atoms with van der Waals surface area (Å²) < 4.78 is 0. The first-order chi connectivity index (χ1) is 9.24. The Morgan fingerprint density at radius 3 is 3.00 bits per heavy atom. The molecule has 1 aromatic rings. The SMILES string of the molecule is CC1CCN(Cc2cccc3c2CCNC3)CC1C. The minimum absolute atomic E-state index is 0.843. The van der Waals surface area contributed by atoms with E-state index in [1.54, 1.807) is 11.1 Å². The molecular weight excluding hydrogens is 232 g/mol. The van der Waals surface area contributed by atoms with Crippen LogP contribution in [0.5, 0.6) is 0 Å². The van der Waals surface area contributed by atoms with E-state index in [9.17, 15) is 0 Å². The van der Waals surface area contributed by atoms with Gasteiger partial charge in [0.1, 0.15) is 0 Å². The summed E-state index contributed by atoms with van der Waals surface area (Å²) >= 11 is 0. The van der Waals surface area contributed by atoms with Crippen molar-refractivity contribution in [3.05, 3.63) is 34.9 Å². The summed E-state index contributed by atoms with van der Waals surface area (Å²) in [5.74, 6) is 1.74. The van der Waals surface area contributed by atoms with Crippen molar-refractivity contribution in [3.8, 4) is 0 Å². The number of fused-ring (bicyclic) bond motifs is 1. The van der Waals surface area contributed by atoms with Crippen LogP contribution in [0.15, 0.2) is 18.2 Å². The normalized spacial score (nSPS) is 28.1. The second-order valence-electron chi connectivity index (χ2n) is 6.46. The molecule has 2 nitrogen and oxygen atoms in total. The standard InChI is InChI=1S/C17H26N2/c1-13-7-9-19(11-14(13)2)12-16-5-3-4-15-10-18-8-6-17(15)16/h3-5,13-14,18H,6-12H2,1-2H3. The van der Waals surface area contributed by atoms with E-state index in [0.29, 0.717) is 0 Å². The van der Waals surface area contributed by atoms with Crippen molar-refractivity contribution >= 4 is 0 Å². The van der Waals surface area contributed by atoms with Gasteiger partial charge < -0.3 is 5.32 Å². The molecule has 2 atom stereocenters. The van der Waals surface area contributed by atoms with Gasteiger partial charge in [0, 0.05) is 19.6 Å². The third-order valence-electron chi connectivity index (χ3n) is 5.05. The first-order valence-electron chi connectivity index (χ1n) is 7.76. The number of hydrogen-bond acceptors (Lipinski definition) is 2. The van der Waals surface area contributed by atoms with Crippen LogP contribution in [0.1, 0.15) is 37.0 Å². The molecule has 104 valence electrons. The second-order valence-corrected chi connectivity index (χ2v) is 6.46. The number of piperidine rings is 1. The van der Waals surface area contributed by atoms with E-state index < -0.39 is 0 Å². The fourth-order valence-corrected chi connectivity index (χ4v) is 3.49. The van der Waals surface area contributed by atoms with E-state index in [2.05, 4.69) is 42.3 Å². The maximum Gasteiger partial charge on any atom is 0.0236 e. The fourth-order valence-electron chi connectivity index (χ4n) is 3.49. The summed E-state index contributed by atoms with van der Waals surface area (Å²) in [6.07, 6.45) is 2.56. The summed E-state index contributed by atoms with van der Waals surface area (Å²) in [6.45, 7) is 10.7. The number of likely N-dealkylation sites (tertiary alicyclic amines) is 1. The highest BCUT2D eigenvalue weighted by molar-refractivity contribution is 5.37. The molecule has 0 bridgehead atoms. The molecule has 0 amide bonds. The summed E-state index contributed by atoms with van der Waals surface area (Å²) in [5, 5.41) is 3.47. The van der Waals surface area contributed by atoms with Crippen molar-refractivity contribution in [1.29, 1.82) is 0 Å². The Hall–Kier alpha value is -0.860. The highest BCUT2D eigenvalue weighted by atomic mass is 15.1. The number of hydrogen-bond donors (Lipinski definition) is 1. The molecule has 19 heavy (non-hydrogen) atoms. The van der Waals surface area contributed by atoms with Crippen LogP contribution in [0.3, 0.4) is 0 Å². The minimum Gasteiger partial charge on any atom is -0.312 e. The molecule has 1 aromatic carbocycles. The van der Waals surface area contributed by atoms with E-state index in [1.165, 1.54) is 31.5 Å². The van der Waals surface area contributed by atoms with Crippen molar-refractivity contribution in [2.45, 2.75) is 39.8 Å².